The lowest BCUT2D eigenvalue weighted by Gasteiger charge is -2.19. The van der Waals surface area contributed by atoms with E-state index < -0.39 is 11.9 Å². The Morgan fingerprint density at radius 1 is 1.18 bits per heavy atom. The molecule has 7 nitrogen and oxygen atoms in total. The molecule has 0 saturated carbocycles. The second-order valence-corrected chi connectivity index (χ2v) is 6.84. The molecule has 8 N–H and O–H groups in total. The van der Waals surface area contributed by atoms with E-state index in [1.807, 2.05) is 54.0 Å². The quantitative estimate of drug-likeness (QED) is 0.154. The molecule has 0 saturated heterocycles. The summed E-state index contributed by atoms with van der Waals surface area (Å²) in [4.78, 5) is 10.7. The van der Waals surface area contributed by atoms with Crippen LogP contribution in [-0.4, -0.2) is 23.0 Å². The molecule has 192 valence electrons. The number of nitrogens with two attached hydrogens (primary N) is 3. The van der Waals surface area contributed by atoms with Gasteiger partial charge in [0.05, 0.1) is 5.92 Å². The molecule has 0 spiro atoms. The number of nitrogens with zero attached hydrogens (tertiary/aromatic N) is 1. The Balaban J connectivity index is -0.000000446. The van der Waals surface area contributed by atoms with Crippen molar-refractivity contribution in [1.82, 2.24) is 5.53 Å². The van der Waals surface area contributed by atoms with E-state index in [4.69, 9.17) is 22.4 Å². The molecule has 0 radical (unpaired) electrons. The van der Waals surface area contributed by atoms with Crippen LogP contribution in [-0.2, 0) is 4.79 Å². The van der Waals surface area contributed by atoms with Crippen LogP contribution in [0.5, 0.6) is 0 Å². The maximum Gasteiger partial charge on any atom is 0.306 e. The lowest BCUT2D eigenvalue weighted by molar-refractivity contribution is -0.141. The SMILES string of the molecule is CC.CC.CC.CCCC(C/C(N)=N/NN)C(=O)O.Cc1ccccc1C1=CCC(N)CC1. The van der Waals surface area contributed by atoms with E-state index in [1.54, 1.807) is 0 Å². The van der Waals surface area contributed by atoms with E-state index in [0.29, 0.717) is 12.5 Å². The maximum absolute atomic E-state index is 10.7. The molecule has 1 aromatic carbocycles. The fraction of sp³-hybridized carbons (Fsp3) is 0.615. The third-order valence-corrected chi connectivity index (χ3v) is 4.59. The summed E-state index contributed by atoms with van der Waals surface area (Å²) in [5.41, 5.74) is 17.5. The minimum Gasteiger partial charge on any atom is -0.481 e. The van der Waals surface area contributed by atoms with Crippen LogP contribution < -0.4 is 22.8 Å². The van der Waals surface area contributed by atoms with Crippen LogP contribution in [0.25, 0.3) is 5.57 Å². The number of hydrogen-bond acceptors (Lipinski definition) is 5. The molecule has 0 bridgehead atoms. The van der Waals surface area contributed by atoms with E-state index in [0.717, 1.165) is 25.7 Å². The summed E-state index contributed by atoms with van der Waals surface area (Å²) in [6, 6.07) is 8.96. The Labute approximate surface area is 202 Å². The third-order valence-electron chi connectivity index (χ3n) is 4.59. The number of rotatable bonds is 7. The van der Waals surface area contributed by atoms with E-state index in [1.165, 1.54) is 16.7 Å². The second kappa shape index (κ2) is 24.3. The highest BCUT2D eigenvalue weighted by Gasteiger charge is 2.17. The minimum atomic E-state index is -0.850. The van der Waals surface area contributed by atoms with Crippen LogP contribution in [0.2, 0.25) is 0 Å². The highest BCUT2D eigenvalue weighted by atomic mass is 16.4. The zero-order valence-corrected chi connectivity index (χ0v) is 22.3. The maximum atomic E-state index is 10.7. The number of carbonyl (C=O) groups is 1. The number of aliphatic carboxylic acids is 1. The van der Waals surface area contributed by atoms with Crippen molar-refractivity contribution in [3.05, 3.63) is 41.5 Å². The van der Waals surface area contributed by atoms with E-state index in [2.05, 4.69) is 42.4 Å². The number of carboxylic acid groups (broad SMARTS) is 1. The number of carboxylic acids is 1. The van der Waals surface area contributed by atoms with Gasteiger partial charge < -0.3 is 16.6 Å². The van der Waals surface area contributed by atoms with Crippen molar-refractivity contribution in [3.63, 3.8) is 0 Å². The summed E-state index contributed by atoms with van der Waals surface area (Å²) in [6.45, 7) is 16.1. The number of amidine groups is 1. The molecular weight excluding hydrogens is 414 g/mol. The third kappa shape index (κ3) is 16.8. The Bertz CT molecular complexity index is 660. The highest BCUT2D eigenvalue weighted by Crippen LogP contribution is 2.28. The summed E-state index contributed by atoms with van der Waals surface area (Å²) in [5.74, 6) is 3.78. The van der Waals surface area contributed by atoms with Gasteiger partial charge in [0, 0.05) is 12.5 Å². The summed E-state index contributed by atoms with van der Waals surface area (Å²) >= 11 is 0. The monoisotopic (exact) mass is 465 g/mol. The van der Waals surface area contributed by atoms with Gasteiger partial charge in [-0.15, -0.1) is 0 Å². The number of benzene rings is 1. The first kappa shape index (κ1) is 35.2. The summed E-state index contributed by atoms with van der Waals surface area (Å²) < 4.78 is 0. The lowest BCUT2D eigenvalue weighted by atomic mass is 9.89. The van der Waals surface area contributed by atoms with Gasteiger partial charge in [-0.1, -0.05) is 85.2 Å². The average molecular weight is 466 g/mol. The van der Waals surface area contributed by atoms with Crippen molar-refractivity contribution >= 4 is 17.4 Å². The Morgan fingerprint density at radius 3 is 2.18 bits per heavy atom. The molecule has 0 aliphatic heterocycles. The molecular formula is C26H51N5O2. The number of hydrogen-bond donors (Lipinski definition) is 5. The number of hydrazine groups is 1. The van der Waals surface area contributed by atoms with Gasteiger partial charge in [0.2, 0.25) is 0 Å². The van der Waals surface area contributed by atoms with Gasteiger partial charge in [-0.3, -0.25) is 4.79 Å². The molecule has 0 aromatic heterocycles. The van der Waals surface area contributed by atoms with E-state index >= 15 is 0 Å². The smallest absolute Gasteiger partial charge is 0.306 e. The first-order valence-corrected chi connectivity index (χ1v) is 12.4. The molecule has 33 heavy (non-hydrogen) atoms. The van der Waals surface area contributed by atoms with Gasteiger partial charge >= 0.3 is 5.97 Å². The lowest BCUT2D eigenvalue weighted by Crippen LogP contribution is -2.27. The first-order chi connectivity index (χ1) is 15.9. The summed E-state index contributed by atoms with van der Waals surface area (Å²) in [5, 5.41) is 12.2. The van der Waals surface area contributed by atoms with Crippen molar-refractivity contribution in [2.24, 2.45) is 28.3 Å². The van der Waals surface area contributed by atoms with Crippen molar-refractivity contribution in [1.29, 1.82) is 0 Å². The largest absolute Gasteiger partial charge is 0.481 e. The number of allylic oxidation sites excluding steroid dienone is 1. The topological polar surface area (TPSA) is 140 Å². The molecule has 1 aliphatic rings. The van der Waals surface area contributed by atoms with Crippen LogP contribution in [0.4, 0.5) is 0 Å². The van der Waals surface area contributed by atoms with E-state index in [9.17, 15) is 4.79 Å². The van der Waals surface area contributed by atoms with Gasteiger partial charge in [-0.25, -0.2) is 11.4 Å². The molecule has 2 rings (SSSR count). The van der Waals surface area contributed by atoms with Gasteiger partial charge in [0.15, 0.2) is 0 Å². The zero-order chi connectivity index (χ0) is 26.2. The van der Waals surface area contributed by atoms with Gasteiger partial charge in [0.25, 0.3) is 0 Å². The predicted molar refractivity (Wildman–Crippen MR) is 145 cm³/mol. The molecule has 0 heterocycles. The van der Waals surface area contributed by atoms with Crippen molar-refractivity contribution in [2.45, 2.75) is 100.0 Å². The van der Waals surface area contributed by atoms with Crippen LogP contribution in [0.15, 0.2) is 35.4 Å². The van der Waals surface area contributed by atoms with Crippen molar-refractivity contribution in [3.8, 4) is 0 Å². The molecule has 2 unspecified atom stereocenters. The Morgan fingerprint density at radius 2 is 1.76 bits per heavy atom. The van der Waals surface area contributed by atoms with Crippen LogP contribution >= 0.6 is 0 Å². The molecule has 1 aliphatic carbocycles. The Kier molecular flexibility index (Phi) is 25.9. The van der Waals surface area contributed by atoms with Crippen LogP contribution in [0.1, 0.15) is 98.1 Å². The fourth-order valence-electron chi connectivity index (χ4n) is 3.07. The Hall–Kier alpha value is -2.38. The van der Waals surface area contributed by atoms with Crippen molar-refractivity contribution in [2.75, 3.05) is 0 Å². The molecule has 0 fully saturated rings. The fourth-order valence-corrected chi connectivity index (χ4v) is 3.07. The molecule has 2 atom stereocenters. The van der Waals surface area contributed by atoms with Crippen LogP contribution in [0, 0.1) is 12.8 Å². The highest BCUT2D eigenvalue weighted by molar-refractivity contribution is 5.84. The average Bonchev–Trinajstić information content (AvgIpc) is 2.84. The molecule has 0 amide bonds. The van der Waals surface area contributed by atoms with E-state index in [-0.39, 0.29) is 12.3 Å². The zero-order valence-electron chi connectivity index (χ0n) is 22.3. The minimum absolute atomic E-state index is 0.211. The first-order valence-electron chi connectivity index (χ1n) is 12.4. The molecule has 1 aromatic rings. The van der Waals surface area contributed by atoms with Gasteiger partial charge in [0.1, 0.15) is 5.84 Å². The summed E-state index contributed by atoms with van der Waals surface area (Å²) in [6.07, 6.45) is 7.22. The van der Waals surface area contributed by atoms with Crippen molar-refractivity contribution < 1.29 is 9.90 Å². The predicted octanol–water partition coefficient (Wildman–Crippen LogP) is 5.58. The van der Waals surface area contributed by atoms with Gasteiger partial charge in [-0.2, -0.15) is 5.10 Å². The van der Waals surface area contributed by atoms with Crippen LogP contribution in [0.3, 0.4) is 0 Å². The standard InChI is InChI=1S/C13H17N.C7H16N4O2.3C2H6/c1-10-4-2-3-5-13(10)11-6-8-12(14)9-7-11;1-2-3-5(7(12)13)4-6(8)10-11-9;3*1-2/h2-6,12H,7-9,14H2,1H3;5,11H,2-4,9H2,1H3,(H2,8,10)(H,12,13);3*1-2H3. The molecule has 7 heteroatoms. The number of aryl methyl sites for hydroxylation is 1. The number of hydrazone groups is 1. The second-order valence-electron chi connectivity index (χ2n) is 6.84. The summed E-state index contributed by atoms with van der Waals surface area (Å²) in [7, 11) is 0. The van der Waals surface area contributed by atoms with Gasteiger partial charge in [-0.05, 0) is 49.3 Å². The normalized spacial score (nSPS) is 15.3. The number of nitrogens with one attached hydrogen (secondary N) is 1.